The van der Waals surface area contributed by atoms with Crippen LogP contribution in [0.5, 0.6) is 0 Å². The number of carbonyl (C=O) groups excluding carboxylic acids is 1. The molecule has 1 aromatic carbocycles. The van der Waals surface area contributed by atoms with Crippen LogP contribution in [0, 0.1) is 56.7 Å². The number of benzene rings is 1. The number of hydrogen-bond acceptors (Lipinski definition) is 5. The van der Waals surface area contributed by atoms with Crippen LogP contribution in [0.4, 0.5) is 0 Å². The number of nitrogens with one attached hydrogen (secondary N) is 1. The van der Waals surface area contributed by atoms with E-state index in [0.29, 0.717) is 5.56 Å². The van der Waals surface area contributed by atoms with Crippen molar-refractivity contribution in [1.29, 1.82) is 15.8 Å². The second-order valence-electron chi connectivity index (χ2n) is 6.63. The lowest BCUT2D eigenvalue weighted by molar-refractivity contribution is -0.135. The van der Waals surface area contributed by atoms with Crippen molar-refractivity contribution in [2.75, 3.05) is 0 Å². The topological polar surface area (TPSA) is 121 Å². The quantitative estimate of drug-likeness (QED) is 0.810. The first-order valence-electron chi connectivity index (χ1n) is 7.69. The van der Waals surface area contributed by atoms with E-state index in [2.05, 4.69) is 5.32 Å². The Morgan fingerprint density at radius 2 is 1.67 bits per heavy atom. The molecule has 0 aromatic heterocycles. The molecule has 24 heavy (non-hydrogen) atoms. The SMILES string of the molecule is C[C@@H]1[C@@H](c2ccccc2)C(C#N)(C#N)[C@]2(C#N)C(=O)N[C@@]1(O)[C@@H]2C. The molecule has 1 saturated carbocycles. The van der Waals surface area contributed by atoms with Gasteiger partial charge in [0, 0.05) is 17.8 Å². The standard InChI is InChI=1S/C18H16N4O2/c1-11-14(13-6-4-3-5-7-13)16(8-19,9-20)17(10-21)12(2)18(11,24)22-15(17)23/h3-7,11-12,14,24H,1-2H3,(H,22,23)/t11-,12-,14+,17+,18+/m1/s1. The lowest BCUT2D eigenvalue weighted by Crippen LogP contribution is -2.62. The molecule has 6 nitrogen and oxygen atoms in total. The molecule has 1 aliphatic carbocycles. The highest BCUT2D eigenvalue weighted by molar-refractivity contribution is 5.92. The second kappa shape index (κ2) is 4.81. The Morgan fingerprint density at radius 1 is 1.08 bits per heavy atom. The van der Waals surface area contributed by atoms with Crippen molar-refractivity contribution < 1.29 is 9.90 Å². The zero-order valence-corrected chi connectivity index (χ0v) is 13.3. The molecule has 1 amide bonds. The fourth-order valence-corrected chi connectivity index (χ4v) is 4.59. The molecular formula is C18H16N4O2. The van der Waals surface area contributed by atoms with Gasteiger partial charge in [-0.1, -0.05) is 44.2 Å². The lowest BCUT2D eigenvalue weighted by Gasteiger charge is -2.51. The molecule has 0 spiro atoms. The minimum atomic E-state index is -1.93. The molecule has 5 atom stereocenters. The van der Waals surface area contributed by atoms with Gasteiger partial charge in [0.2, 0.25) is 5.91 Å². The first-order chi connectivity index (χ1) is 11.4. The van der Waals surface area contributed by atoms with Gasteiger partial charge in [0.25, 0.3) is 0 Å². The Balaban J connectivity index is 2.40. The summed E-state index contributed by atoms with van der Waals surface area (Å²) in [5.41, 5.74) is -4.83. The van der Waals surface area contributed by atoms with E-state index in [1.54, 1.807) is 44.2 Å². The molecule has 2 aliphatic rings. The van der Waals surface area contributed by atoms with Crippen LogP contribution >= 0.6 is 0 Å². The van der Waals surface area contributed by atoms with Gasteiger partial charge in [0.15, 0.2) is 10.8 Å². The van der Waals surface area contributed by atoms with Crippen molar-refractivity contribution in [3.05, 3.63) is 35.9 Å². The Kier molecular flexibility index (Phi) is 3.20. The number of nitrogens with zero attached hydrogens (tertiary/aromatic N) is 3. The largest absolute Gasteiger partial charge is 0.370 e. The van der Waals surface area contributed by atoms with Gasteiger partial charge in [-0.25, -0.2) is 0 Å². The molecule has 1 aromatic rings. The maximum absolute atomic E-state index is 12.7. The van der Waals surface area contributed by atoms with Gasteiger partial charge in [-0.2, -0.15) is 15.8 Å². The van der Waals surface area contributed by atoms with Crippen molar-refractivity contribution in [3.8, 4) is 18.2 Å². The van der Waals surface area contributed by atoms with Gasteiger partial charge in [-0.05, 0) is 5.56 Å². The number of amides is 1. The predicted molar refractivity (Wildman–Crippen MR) is 82.3 cm³/mol. The van der Waals surface area contributed by atoms with E-state index >= 15 is 0 Å². The van der Waals surface area contributed by atoms with Gasteiger partial charge < -0.3 is 10.4 Å². The van der Waals surface area contributed by atoms with Crippen LogP contribution in [0.25, 0.3) is 0 Å². The summed E-state index contributed by atoms with van der Waals surface area (Å²) in [5, 5.41) is 43.3. The van der Waals surface area contributed by atoms with Gasteiger partial charge in [0.05, 0.1) is 18.2 Å². The fourth-order valence-electron chi connectivity index (χ4n) is 4.59. The Labute approximate surface area is 139 Å². The summed E-state index contributed by atoms with van der Waals surface area (Å²) in [7, 11) is 0. The molecule has 6 heteroatoms. The van der Waals surface area contributed by atoms with E-state index in [0.717, 1.165) is 0 Å². The summed E-state index contributed by atoms with van der Waals surface area (Å²) >= 11 is 0. The maximum Gasteiger partial charge on any atom is 0.245 e. The zero-order valence-electron chi connectivity index (χ0n) is 13.3. The maximum atomic E-state index is 12.7. The highest BCUT2D eigenvalue weighted by Crippen LogP contribution is 2.66. The normalized spacial score (nSPS) is 39.2. The number of rotatable bonds is 1. The van der Waals surface area contributed by atoms with Crippen LogP contribution in [0.2, 0.25) is 0 Å². The predicted octanol–water partition coefficient (Wildman–Crippen LogP) is 1.42. The number of carbonyl (C=O) groups is 1. The molecular weight excluding hydrogens is 304 g/mol. The van der Waals surface area contributed by atoms with E-state index in [-0.39, 0.29) is 0 Å². The third kappa shape index (κ3) is 1.44. The first-order valence-corrected chi connectivity index (χ1v) is 7.69. The Bertz CT molecular complexity index is 817. The van der Waals surface area contributed by atoms with E-state index < -0.39 is 40.2 Å². The van der Waals surface area contributed by atoms with E-state index in [1.165, 1.54) is 0 Å². The van der Waals surface area contributed by atoms with Crippen LogP contribution in [0.15, 0.2) is 30.3 Å². The van der Waals surface area contributed by atoms with Crippen molar-refractivity contribution in [1.82, 2.24) is 5.32 Å². The smallest absolute Gasteiger partial charge is 0.245 e. The Hall–Kier alpha value is -2.88. The van der Waals surface area contributed by atoms with Gasteiger partial charge in [-0.15, -0.1) is 0 Å². The molecule has 1 heterocycles. The van der Waals surface area contributed by atoms with Crippen molar-refractivity contribution in [3.63, 3.8) is 0 Å². The third-order valence-corrected chi connectivity index (χ3v) is 5.95. The summed E-state index contributed by atoms with van der Waals surface area (Å²) in [5.74, 6) is -3.05. The van der Waals surface area contributed by atoms with Crippen molar-refractivity contribution >= 4 is 5.91 Å². The van der Waals surface area contributed by atoms with Crippen molar-refractivity contribution in [2.45, 2.75) is 25.5 Å². The van der Waals surface area contributed by atoms with Crippen molar-refractivity contribution in [2.24, 2.45) is 22.7 Å². The molecule has 2 fully saturated rings. The first kappa shape index (κ1) is 16.0. The zero-order chi connectivity index (χ0) is 17.8. The second-order valence-corrected chi connectivity index (χ2v) is 6.63. The molecule has 2 N–H and O–H groups in total. The monoisotopic (exact) mass is 320 g/mol. The molecule has 1 aliphatic heterocycles. The van der Waals surface area contributed by atoms with E-state index in [4.69, 9.17) is 0 Å². The molecule has 1 saturated heterocycles. The third-order valence-electron chi connectivity index (χ3n) is 5.95. The summed E-state index contributed by atoms with van der Waals surface area (Å²) in [6.07, 6.45) is 0. The lowest BCUT2D eigenvalue weighted by atomic mass is 9.45. The van der Waals surface area contributed by atoms with Crippen LogP contribution in [0.1, 0.15) is 25.3 Å². The van der Waals surface area contributed by atoms with Crippen LogP contribution in [0.3, 0.4) is 0 Å². The molecule has 3 rings (SSSR count). The van der Waals surface area contributed by atoms with E-state index in [1.807, 2.05) is 18.2 Å². The Morgan fingerprint density at radius 3 is 2.17 bits per heavy atom. The highest BCUT2D eigenvalue weighted by Gasteiger charge is 2.79. The molecule has 120 valence electrons. The number of hydrogen-bond donors (Lipinski definition) is 2. The molecule has 0 unspecified atom stereocenters. The average Bonchev–Trinajstić information content (AvgIpc) is 2.77. The van der Waals surface area contributed by atoms with Gasteiger partial charge >= 0.3 is 0 Å². The van der Waals surface area contributed by atoms with Crippen LogP contribution in [-0.4, -0.2) is 16.7 Å². The summed E-state index contributed by atoms with van der Waals surface area (Å²) in [6.45, 7) is 3.24. The number of aliphatic hydroxyl groups is 1. The summed E-state index contributed by atoms with van der Waals surface area (Å²) in [6, 6.07) is 14.7. The molecule has 0 radical (unpaired) electrons. The summed E-state index contributed by atoms with van der Waals surface area (Å²) < 4.78 is 0. The number of nitriles is 3. The highest BCUT2D eigenvalue weighted by atomic mass is 16.3. The van der Waals surface area contributed by atoms with E-state index in [9.17, 15) is 25.7 Å². The average molecular weight is 320 g/mol. The van der Waals surface area contributed by atoms with Crippen LogP contribution < -0.4 is 5.32 Å². The van der Waals surface area contributed by atoms with Crippen LogP contribution in [-0.2, 0) is 4.79 Å². The minimum Gasteiger partial charge on any atom is -0.370 e. The molecule has 2 bridgehead atoms. The minimum absolute atomic E-state index is 0.623. The number of fused-ring (bicyclic) bond motifs is 2. The van der Waals surface area contributed by atoms with Gasteiger partial charge in [-0.3, -0.25) is 4.79 Å². The fraction of sp³-hybridized carbons (Fsp3) is 0.444. The van der Waals surface area contributed by atoms with Gasteiger partial charge in [0.1, 0.15) is 5.72 Å². The summed E-state index contributed by atoms with van der Waals surface area (Å²) in [4.78, 5) is 12.7.